The van der Waals surface area contributed by atoms with Gasteiger partial charge in [-0.05, 0) is 38.1 Å². The Balaban J connectivity index is 1.86. The Morgan fingerprint density at radius 3 is 1.54 bits per heavy atom. The quantitative estimate of drug-likeness (QED) is 0.480. The fourth-order valence-electron chi connectivity index (χ4n) is 3.38. The molecule has 3 aromatic rings. The fourth-order valence-corrected chi connectivity index (χ4v) is 5.26. The van der Waals surface area contributed by atoms with E-state index in [4.69, 9.17) is 0 Å². The van der Waals surface area contributed by atoms with E-state index in [9.17, 15) is 0 Å². The van der Waals surface area contributed by atoms with Gasteiger partial charge in [-0.15, -0.1) is 22.7 Å². The monoisotopic (exact) mass is 350 g/mol. The van der Waals surface area contributed by atoms with Crippen molar-refractivity contribution in [3.8, 4) is 20.9 Å². The summed E-state index contributed by atoms with van der Waals surface area (Å²) in [6.07, 6.45) is 0. The second-order valence-corrected chi connectivity index (χ2v) is 8.60. The molecule has 24 heavy (non-hydrogen) atoms. The smallest absolute Gasteiger partial charge is 0.100 e. The number of azo groups is 2. The molecule has 0 saturated carbocycles. The van der Waals surface area contributed by atoms with Gasteiger partial charge in [-0.2, -0.15) is 20.5 Å². The number of nitrogens with zero attached hydrogens (tertiary/aromatic N) is 4. The Bertz CT molecular complexity index is 956. The zero-order chi connectivity index (χ0) is 16.3. The van der Waals surface area contributed by atoms with Gasteiger partial charge in [0.1, 0.15) is 11.4 Å². The first kappa shape index (κ1) is 14.2. The highest BCUT2D eigenvalue weighted by Crippen LogP contribution is 2.54. The van der Waals surface area contributed by atoms with Gasteiger partial charge in [0.25, 0.3) is 0 Å². The molecule has 4 nitrogen and oxygen atoms in total. The van der Waals surface area contributed by atoms with E-state index in [0.29, 0.717) is 13.1 Å². The van der Waals surface area contributed by atoms with Crippen LogP contribution in [0.25, 0.3) is 20.9 Å². The van der Waals surface area contributed by atoms with Crippen LogP contribution in [0.4, 0.5) is 11.4 Å². The molecule has 0 amide bonds. The molecule has 0 radical (unpaired) electrons. The fraction of sp³-hybridized carbons (Fsp3) is 0.222. The maximum Gasteiger partial charge on any atom is 0.100 e. The van der Waals surface area contributed by atoms with Crippen LogP contribution in [-0.4, -0.2) is 0 Å². The summed E-state index contributed by atoms with van der Waals surface area (Å²) in [7, 11) is 0. The van der Waals surface area contributed by atoms with E-state index in [-0.39, 0.29) is 0 Å². The van der Waals surface area contributed by atoms with Gasteiger partial charge in [-0.1, -0.05) is 0 Å². The van der Waals surface area contributed by atoms with Crippen LogP contribution in [0.15, 0.2) is 44.7 Å². The molecule has 1 aromatic carbocycles. The van der Waals surface area contributed by atoms with Gasteiger partial charge < -0.3 is 0 Å². The van der Waals surface area contributed by atoms with E-state index < -0.39 is 0 Å². The predicted molar refractivity (Wildman–Crippen MR) is 99.0 cm³/mol. The van der Waals surface area contributed by atoms with Crippen molar-refractivity contribution in [2.45, 2.75) is 26.9 Å². The highest BCUT2D eigenvalue weighted by Gasteiger charge is 2.30. The summed E-state index contributed by atoms with van der Waals surface area (Å²) in [5, 5.41) is 17.7. The van der Waals surface area contributed by atoms with Gasteiger partial charge in [0.15, 0.2) is 0 Å². The van der Waals surface area contributed by atoms with Crippen LogP contribution in [0.5, 0.6) is 0 Å². The van der Waals surface area contributed by atoms with Gasteiger partial charge in [-0.25, -0.2) is 0 Å². The predicted octanol–water partition coefficient (Wildman–Crippen LogP) is 6.96. The Kier molecular flexibility index (Phi) is 3.05. The zero-order valence-electron chi connectivity index (χ0n) is 13.3. The van der Waals surface area contributed by atoms with Gasteiger partial charge in [0.2, 0.25) is 0 Å². The molecule has 2 aliphatic rings. The van der Waals surface area contributed by atoms with Crippen LogP contribution in [-0.2, 0) is 13.1 Å². The van der Waals surface area contributed by atoms with E-state index in [1.54, 1.807) is 22.7 Å². The molecule has 6 heteroatoms. The molecular weight excluding hydrogens is 336 g/mol. The van der Waals surface area contributed by atoms with Gasteiger partial charge in [0.05, 0.1) is 13.1 Å². The average molecular weight is 350 g/mol. The summed E-state index contributed by atoms with van der Waals surface area (Å²) in [6.45, 7) is 5.52. The molecule has 0 fully saturated rings. The summed E-state index contributed by atoms with van der Waals surface area (Å²) in [5.41, 5.74) is 6.78. The van der Waals surface area contributed by atoms with Crippen molar-refractivity contribution in [2.24, 2.45) is 20.5 Å². The van der Waals surface area contributed by atoms with Crippen molar-refractivity contribution in [3.05, 3.63) is 45.1 Å². The van der Waals surface area contributed by atoms with Crippen LogP contribution in [0.3, 0.4) is 0 Å². The lowest BCUT2D eigenvalue weighted by molar-refractivity contribution is 1.03. The summed E-state index contributed by atoms with van der Waals surface area (Å²) in [5.74, 6) is 0. The Morgan fingerprint density at radius 2 is 1.17 bits per heavy atom. The van der Waals surface area contributed by atoms with Gasteiger partial charge in [0, 0.05) is 41.8 Å². The topological polar surface area (TPSA) is 49.4 Å². The molecule has 0 spiro atoms. The van der Waals surface area contributed by atoms with Crippen LogP contribution >= 0.6 is 22.7 Å². The molecule has 2 aliphatic heterocycles. The van der Waals surface area contributed by atoms with E-state index in [2.05, 4.69) is 58.6 Å². The summed E-state index contributed by atoms with van der Waals surface area (Å²) >= 11 is 3.59. The first-order valence-corrected chi connectivity index (χ1v) is 9.46. The van der Waals surface area contributed by atoms with Crippen molar-refractivity contribution in [2.75, 3.05) is 0 Å². The van der Waals surface area contributed by atoms with Crippen molar-refractivity contribution in [1.29, 1.82) is 0 Å². The van der Waals surface area contributed by atoms with Crippen molar-refractivity contribution in [1.82, 2.24) is 0 Å². The number of fused-ring (bicyclic) bond motifs is 2. The SMILES string of the molecule is Cc1ccc(-c2c3c(c(-c4ccc(C)s4)c4c2N=NC4)N=NC3)s1. The first-order chi connectivity index (χ1) is 11.7. The average Bonchev–Trinajstić information content (AvgIpc) is 3.31. The minimum absolute atomic E-state index is 0.627. The van der Waals surface area contributed by atoms with Crippen LogP contribution < -0.4 is 0 Å². The molecule has 0 saturated heterocycles. The van der Waals surface area contributed by atoms with Crippen LogP contribution in [0.1, 0.15) is 20.9 Å². The molecule has 5 rings (SSSR count). The molecule has 4 heterocycles. The third kappa shape index (κ3) is 1.96. The third-order valence-corrected chi connectivity index (χ3v) is 6.46. The number of thiophene rings is 2. The molecule has 0 N–H and O–H groups in total. The number of rotatable bonds is 2. The molecule has 0 atom stereocenters. The normalized spacial score (nSPS) is 14.4. The molecule has 0 unspecified atom stereocenters. The van der Waals surface area contributed by atoms with Crippen LogP contribution in [0, 0.1) is 13.8 Å². The maximum absolute atomic E-state index is 4.51. The Morgan fingerprint density at radius 1 is 0.708 bits per heavy atom. The van der Waals surface area contributed by atoms with Gasteiger partial charge >= 0.3 is 0 Å². The molecule has 2 aromatic heterocycles. The van der Waals surface area contributed by atoms with E-state index >= 15 is 0 Å². The van der Waals surface area contributed by atoms with Crippen molar-refractivity contribution in [3.63, 3.8) is 0 Å². The minimum Gasteiger partial charge on any atom is -0.184 e. The van der Waals surface area contributed by atoms with Gasteiger partial charge in [-0.3, -0.25) is 0 Å². The maximum atomic E-state index is 4.51. The molecule has 118 valence electrons. The first-order valence-electron chi connectivity index (χ1n) is 7.82. The molecular formula is C18H14N4S2. The largest absolute Gasteiger partial charge is 0.184 e. The van der Waals surface area contributed by atoms with Crippen molar-refractivity contribution < 1.29 is 0 Å². The Hall–Kier alpha value is -2.18. The second kappa shape index (κ2) is 5.16. The number of benzene rings is 1. The second-order valence-electron chi connectivity index (χ2n) is 6.02. The summed E-state index contributed by atoms with van der Waals surface area (Å²) in [4.78, 5) is 5.07. The standard InChI is InChI=1S/C18H14N4S2/c1-9-3-5-13(23-9)15-11-7-19-22-18(11)16(12-8-20-21-17(12)15)14-6-4-10(2)24-14/h3-6H,7-8H2,1-2H3. The van der Waals surface area contributed by atoms with E-state index in [0.717, 1.165) is 11.4 Å². The lowest BCUT2D eigenvalue weighted by Gasteiger charge is -2.14. The molecule has 0 bridgehead atoms. The van der Waals surface area contributed by atoms with Crippen LogP contribution in [0.2, 0.25) is 0 Å². The highest BCUT2D eigenvalue weighted by molar-refractivity contribution is 7.16. The lowest BCUT2D eigenvalue weighted by atomic mass is 9.92. The third-order valence-electron chi connectivity index (χ3n) is 4.42. The number of aryl methyl sites for hydroxylation is 2. The summed E-state index contributed by atoms with van der Waals surface area (Å²) < 4.78 is 0. The Labute approximate surface area is 147 Å². The summed E-state index contributed by atoms with van der Waals surface area (Å²) in [6, 6.07) is 8.67. The lowest BCUT2D eigenvalue weighted by Crippen LogP contribution is -1.92. The number of hydrogen-bond donors (Lipinski definition) is 0. The minimum atomic E-state index is 0.627. The van der Waals surface area contributed by atoms with E-state index in [1.165, 1.54) is 41.8 Å². The zero-order valence-corrected chi connectivity index (χ0v) is 15.0. The van der Waals surface area contributed by atoms with E-state index in [1.807, 2.05) is 0 Å². The van der Waals surface area contributed by atoms with Crippen molar-refractivity contribution >= 4 is 34.0 Å². The highest BCUT2D eigenvalue weighted by atomic mass is 32.1. The number of hydrogen-bond acceptors (Lipinski definition) is 6. The molecule has 0 aliphatic carbocycles.